The van der Waals surface area contributed by atoms with Gasteiger partial charge in [0.1, 0.15) is 5.82 Å². The highest BCUT2D eigenvalue weighted by molar-refractivity contribution is 7.98. The van der Waals surface area contributed by atoms with Crippen LogP contribution in [0.1, 0.15) is 43.0 Å². The van der Waals surface area contributed by atoms with Crippen LogP contribution in [0.25, 0.3) is 0 Å². The summed E-state index contributed by atoms with van der Waals surface area (Å²) in [5, 5.41) is 14.4. The van der Waals surface area contributed by atoms with Gasteiger partial charge >= 0.3 is 0 Å². The summed E-state index contributed by atoms with van der Waals surface area (Å²) < 4.78 is 0. The molecule has 1 aromatic heterocycles. The lowest BCUT2D eigenvalue weighted by Crippen LogP contribution is -2.42. The van der Waals surface area contributed by atoms with E-state index in [1.165, 1.54) is 18.0 Å². The predicted octanol–water partition coefficient (Wildman–Crippen LogP) is 2.12. The molecule has 2 atom stereocenters. The number of aliphatic hydroxyl groups is 1. The van der Waals surface area contributed by atoms with E-state index in [0.29, 0.717) is 23.0 Å². The van der Waals surface area contributed by atoms with E-state index in [9.17, 15) is 9.90 Å². The second kappa shape index (κ2) is 5.88. The molecule has 104 valence electrons. The van der Waals surface area contributed by atoms with Crippen LogP contribution in [0.5, 0.6) is 0 Å². The average Bonchev–Trinajstić information content (AvgIpc) is 2.81. The fourth-order valence-corrected chi connectivity index (χ4v) is 2.87. The summed E-state index contributed by atoms with van der Waals surface area (Å²) in [4.78, 5) is 19.4. The third-order valence-electron chi connectivity index (χ3n) is 3.78. The second-order valence-electron chi connectivity index (χ2n) is 4.82. The van der Waals surface area contributed by atoms with Gasteiger partial charge < -0.3 is 10.4 Å². The summed E-state index contributed by atoms with van der Waals surface area (Å²) in [6.07, 6.45) is 7.51. The van der Waals surface area contributed by atoms with Crippen LogP contribution in [0.3, 0.4) is 0 Å². The minimum atomic E-state index is -0.704. The first-order chi connectivity index (χ1) is 9.12. The van der Waals surface area contributed by atoms with Crippen LogP contribution >= 0.6 is 11.8 Å². The van der Waals surface area contributed by atoms with Gasteiger partial charge in [-0.25, -0.2) is 9.97 Å². The zero-order valence-corrected chi connectivity index (χ0v) is 12.0. The van der Waals surface area contributed by atoms with Gasteiger partial charge in [-0.3, -0.25) is 4.79 Å². The van der Waals surface area contributed by atoms with Gasteiger partial charge in [0.15, 0.2) is 11.4 Å². The number of rotatable bonds is 5. The molecule has 0 spiro atoms. The maximum Gasteiger partial charge on any atom is 0.189 e. The summed E-state index contributed by atoms with van der Waals surface area (Å²) in [6, 6.07) is -0.0548. The van der Waals surface area contributed by atoms with E-state index >= 15 is 0 Å². The molecular formula is C13H19N3O2S. The van der Waals surface area contributed by atoms with Crippen molar-refractivity contribution in [3.05, 3.63) is 11.8 Å². The Hall–Kier alpha value is -1.14. The number of carbonyl (C=O) groups excluding carboxylic acids is 1. The highest BCUT2D eigenvalue weighted by Gasteiger charge is 2.39. The number of hydrogen-bond donors (Lipinski definition) is 2. The van der Waals surface area contributed by atoms with E-state index in [1.54, 1.807) is 0 Å². The Morgan fingerprint density at radius 3 is 3.11 bits per heavy atom. The molecule has 2 rings (SSSR count). The lowest BCUT2D eigenvalue weighted by molar-refractivity contribution is 0.0339. The summed E-state index contributed by atoms with van der Waals surface area (Å²) >= 11 is 1.43. The van der Waals surface area contributed by atoms with Crippen LogP contribution in [0.2, 0.25) is 0 Å². The highest BCUT2D eigenvalue weighted by atomic mass is 32.2. The third kappa shape index (κ3) is 2.90. The molecule has 0 amide bonds. The maximum atomic E-state index is 11.0. The standard InChI is InChI=1S/C13H19N3O2S/c1-3-13(18)6-4-5-10(13)15-11-9(8-17)7-14-12(16-11)19-2/h7-8,10,18H,3-6H2,1-2H3,(H,14,15,16). The Morgan fingerprint density at radius 2 is 2.47 bits per heavy atom. The number of aromatic nitrogens is 2. The number of anilines is 1. The number of nitrogens with zero attached hydrogens (tertiary/aromatic N) is 2. The van der Waals surface area contributed by atoms with Crippen molar-refractivity contribution in [3.8, 4) is 0 Å². The second-order valence-corrected chi connectivity index (χ2v) is 5.60. The van der Waals surface area contributed by atoms with Crippen molar-refractivity contribution < 1.29 is 9.90 Å². The molecule has 6 heteroatoms. The molecule has 1 aliphatic rings. The van der Waals surface area contributed by atoms with Gasteiger partial charge in [0.25, 0.3) is 0 Å². The monoisotopic (exact) mass is 281 g/mol. The quantitative estimate of drug-likeness (QED) is 0.489. The molecule has 0 bridgehead atoms. The fourth-order valence-electron chi connectivity index (χ4n) is 2.53. The van der Waals surface area contributed by atoms with Crippen LogP contribution in [0.4, 0.5) is 5.82 Å². The normalized spacial score (nSPS) is 26.4. The van der Waals surface area contributed by atoms with Gasteiger partial charge in [-0.2, -0.15) is 0 Å². The average molecular weight is 281 g/mol. The lowest BCUT2D eigenvalue weighted by atomic mass is 9.94. The van der Waals surface area contributed by atoms with Crippen LogP contribution < -0.4 is 5.32 Å². The van der Waals surface area contributed by atoms with E-state index in [1.807, 2.05) is 13.2 Å². The molecule has 1 aliphatic carbocycles. The Labute approximate surface area is 117 Å². The molecule has 1 saturated carbocycles. The lowest BCUT2D eigenvalue weighted by Gasteiger charge is -2.30. The minimum absolute atomic E-state index is 0.0548. The molecule has 1 heterocycles. The van der Waals surface area contributed by atoms with E-state index in [4.69, 9.17) is 0 Å². The molecule has 1 fully saturated rings. The van der Waals surface area contributed by atoms with Crippen molar-refractivity contribution in [2.24, 2.45) is 0 Å². The van der Waals surface area contributed by atoms with E-state index < -0.39 is 5.60 Å². The van der Waals surface area contributed by atoms with Crippen LogP contribution in [0, 0.1) is 0 Å². The summed E-state index contributed by atoms with van der Waals surface area (Å²) in [6.45, 7) is 1.98. The van der Waals surface area contributed by atoms with E-state index in [-0.39, 0.29) is 6.04 Å². The highest BCUT2D eigenvalue weighted by Crippen LogP contribution is 2.35. The van der Waals surface area contributed by atoms with Crippen LogP contribution in [0.15, 0.2) is 11.4 Å². The SMILES string of the molecule is CCC1(O)CCCC1Nc1nc(SC)ncc1C=O. The van der Waals surface area contributed by atoms with Crippen molar-refractivity contribution >= 4 is 23.9 Å². The van der Waals surface area contributed by atoms with Gasteiger partial charge in [0, 0.05) is 6.20 Å². The molecule has 5 nitrogen and oxygen atoms in total. The van der Waals surface area contributed by atoms with Gasteiger partial charge in [0.05, 0.1) is 17.2 Å². The zero-order valence-electron chi connectivity index (χ0n) is 11.2. The van der Waals surface area contributed by atoms with Crippen LogP contribution in [-0.2, 0) is 0 Å². The largest absolute Gasteiger partial charge is 0.388 e. The maximum absolute atomic E-state index is 11.0. The first kappa shape index (κ1) is 14.3. The molecule has 0 saturated heterocycles. The summed E-state index contributed by atoms with van der Waals surface area (Å²) in [7, 11) is 0. The van der Waals surface area contributed by atoms with Gasteiger partial charge in [-0.05, 0) is 31.9 Å². The van der Waals surface area contributed by atoms with E-state index in [2.05, 4.69) is 15.3 Å². The van der Waals surface area contributed by atoms with Crippen LogP contribution in [-0.4, -0.2) is 39.3 Å². The molecule has 2 unspecified atom stereocenters. The van der Waals surface area contributed by atoms with Gasteiger partial charge in [0.2, 0.25) is 0 Å². The Balaban J connectivity index is 2.24. The Bertz CT molecular complexity index is 469. The topological polar surface area (TPSA) is 75.1 Å². The van der Waals surface area contributed by atoms with Crippen molar-refractivity contribution in [1.29, 1.82) is 0 Å². The molecule has 19 heavy (non-hydrogen) atoms. The van der Waals surface area contributed by atoms with Gasteiger partial charge in [-0.1, -0.05) is 18.7 Å². The van der Waals surface area contributed by atoms with Crippen molar-refractivity contribution in [2.45, 2.75) is 49.4 Å². The first-order valence-corrected chi connectivity index (χ1v) is 7.70. The summed E-state index contributed by atoms with van der Waals surface area (Å²) in [5.74, 6) is 0.521. The van der Waals surface area contributed by atoms with Crippen molar-refractivity contribution in [3.63, 3.8) is 0 Å². The number of hydrogen-bond acceptors (Lipinski definition) is 6. The van der Waals surface area contributed by atoms with Crippen molar-refractivity contribution in [1.82, 2.24) is 9.97 Å². The Kier molecular flexibility index (Phi) is 4.42. The summed E-state index contributed by atoms with van der Waals surface area (Å²) in [5.41, 5.74) is -0.270. The number of carbonyl (C=O) groups is 1. The molecule has 0 radical (unpaired) electrons. The van der Waals surface area contributed by atoms with Gasteiger partial charge in [-0.15, -0.1) is 0 Å². The molecule has 1 aromatic rings. The molecular weight excluding hydrogens is 262 g/mol. The zero-order chi connectivity index (χ0) is 13.9. The third-order valence-corrected chi connectivity index (χ3v) is 4.34. The number of thioether (sulfide) groups is 1. The first-order valence-electron chi connectivity index (χ1n) is 6.48. The molecule has 0 aliphatic heterocycles. The number of aldehydes is 1. The number of nitrogens with one attached hydrogen (secondary N) is 1. The molecule has 2 N–H and O–H groups in total. The van der Waals surface area contributed by atoms with E-state index in [0.717, 1.165) is 25.5 Å². The minimum Gasteiger partial charge on any atom is -0.388 e. The smallest absolute Gasteiger partial charge is 0.189 e. The van der Waals surface area contributed by atoms with Crippen molar-refractivity contribution in [2.75, 3.05) is 11.6 Å². The predicted molar refractivity (Wildman–Crippen MR) is 75.7 cm³/mol. The fraction of sp³-hybridized carbons (Fsp3) is 0.615. The Morgan fingerprint density at radius 1 is 1.68 bits per heavy atom. The molecule has 0 aromatic carbocycles.